The number of aliphatic hydroxyl groups excluding tert-OH is 1. The Morgan fingerprint density at radius 1 is 1.00 bits per heavy atom. The number of ether oxygens (including phenoxy) is 3. The van der Waals surface area contributed by atoms with E-state index in [1.807, 2.05) is 62.4 Å². The number of anilines is 1. The van der Waals surface area contributed by atoms with Crippen LogP contribution >= 0.6 is 15.9 Å². The van der Waals surface area contributed by atoms with Crippen molar-refractivity contribution in [2.45, 2.75) is 63.0 Å². The number of amides is 3. The zero-order valence-corrected chi connectivity index (χ0v) is 29.4. The highest BCUT2D eigenvalue weighted by atomic mass is 79.9. The SMILES string of the molecule is COC[C@@H]1NC(=O)CC/C=C\CN(c2c(C)cccc2C)C(=O)[C@H]2N(CCCO)C(=O)[C@@H]3[C@@H](C(=O)O[C@H]1c1ccccc1)[C@@H]1O[C@@]32C=C1Br. The van der Waals surface area contributed by atoms with E-state index in [1.54, 1.807) is 23.1 Å². The number of allylic oxidation sites excluding steroid dienone is 1. The molecule has 3 amide bonds. The van der Waals surface area contributed by atoms with Crippen molar-refractivity contribution in [1.29, 1.82) is 0 Å². The Hall–Kier alpha value is -3.84. The van der Waals surface area contributed by atoms with Crippen molar-refractivity contribution in [2.75, 3.05) is 38.3 Å². The maximum atomic E-state index is 15.1. The molecule has 4 aliphatic rings. The Balaban J connectivity index is 1.49. The monoisotopic (exact) mass is 735 g/mol. The summed E-state index contributed by atoms with van der Waals surface area (Å²) in [6.07, 6.45) is 4.47. The molecular formula is C37H42BrN3O8. The quantitative estimate of drug-likeness (QED) is 0.325. The van der Waals surface area contributed by atoms with Crippen LogP contribution in [0.4, 0.5) is 5.69 Å². The van der Waals surface area contributed by atoms with Gasteiger partial charge in [0.05, 0.1) is 18.6 Å². The summed E-state index contributed by atoms with van der Waals surface area (Å²) >= 11 is 3.60. The van der Waals surface area contributed by atoms with Gasteiger partial charge in [0, 0.05) is 43.4 Å². The van der Waals surface area contributed by atoms with Crippen molar-refractivity contribution < 1.29 is 38.5 Å². The van der Waals surface area contributed by atoms with Gasteiger partial charge in [-0.2, -0.15) is 0 Å². The molecule has 6 rings (SSSR count). The Morgan fingerprint density at radius 3 is 2.43 bits per heavy atom. The van der Waals surface area contributed by atoms with Gasteiger partial charge in [-0.05, 0) is 49.5 Å². The van der Waals surface area contributed by atoms with E-state index in [9.17, 15) is 19.5 Å². The summed E-state index contributed by atoms with van der Waals surface area (Å²) in [5, 5.41) is 12.8. The van der Waals surface area contributed by atoms with Crippen molar-refractivity contribution in [2.24, 2.45) is 11.8 Å². The number of aliphatic hydroxyl groups is 1. The van der Waals surface area contributed by atoms with Gasteiger partial charge >= 0.3 is 5.97 Å². The van der Waals surface area contributed by atoms with E-state index in [0.29, 0.717) is 22.2 Å². The highest BCUT2D eigenvalue weighted by molar-refractivity contribution is 9.11. The van der Waals surface area contributed by atoms with E-state index >= 15 is 4.79 Å². The zero-order chi connectivity index (χ0) is 34.9. The van der Waals surface area contributed by atoms with Gasteiger partial charge in [-0.15, -0.1) is 0 Å². The number of hydrogen-bond donors (Lipinski definition) is 2. The maximum Gasteiger partial charge on any atom is 0.313 e. The lowest BCUT2D eigenvalue weighted by Crippen LogP contribution is -2.56. The number of carbonyl (C=O) groups is 4. The van der Waals surface area contributed by atoms with Gasteiger partial charge in [0.25, 0.3) is 5.91 Å². The van der Waals surface area contributed by atoms with E-state index in [1.165, 1.54) is 12.0 Å². The molecule has 0 aromatic heterocycles. The molecule has 2 aromatic carbocycles. The smallest absolute Gasteiger partial charge is 0.313 e. The number of likely N-dealkylation sites (tertiary alicyclic amines) is 1. The molecule has 0 aliphatic carbocycles. The van der Waals surface area contributed by atoms with E-state index in [2.05, 4.69) is 21.2 Å². The number of cyclic esters (lactones) is 1. The van der Waals surface area contributed by atoms with Gasteiger partial charge in [-0.3, -0.25) is 19.2 Å². The molecule has 2 aromatic rings. The van der Waals surface area contributed by atoms with Gasteiger partial charge < -0.3 is 34.4 Å². The molecule has 49 heavy (non-hydrogen) atoms. The van der Waals surface area contributed by atoms with Crippen LogP contribution in [0.3, 0.4) is 0 Å². The van der Waals surface area contributed by atoms with Gasteiger partial charge in [0.1, 0.15) is 29.8 Å². The number of hydrogen-bond acceptors (Lipinski definition) is 8. The van der Waals surface area contributed by atoms with Gasteiger partial charge in [0.2, 0.25) is 11.8 Å². The van der Waals surface area contributed by atoms with Crippen molar-refractivity contribution >= 4 is 45.3 Å². The second-order valence-electron chi connectivity index (χ2n) is 13.0. The molecule has 4 aliphatic heterocycles. The van der Waals surface area contributed by atoms with Crippen LogP contribution in [0, 0.1) is 25.7 Å². The predicted molar refractivity (Wildman–Crippen MR) is 185 cm³/mol. The third-order valence-corrected chi connectivity index (χ3v) is 10.6. The summed E-state index contributed by atoms with van der Waals surface area (Å²) in [6, 6.07) is 13.0. The molecular weight excluding hydrogens is 694 g/mol. The van der Waals surface area contributed by atoms with Crippen LogP contribution < -0.4 is 10.2 Å². The average Bonchev–Trinajstić information content (AvgIpc) is 3.67. The minimum absolute atomic E-state index is 0.0607. The normalized spacial score (nSPS) is 31.0. The van der Waals surface area contributed by atoms with Crippen molar-refractivity contribution in [3.63, 3.8) is 0 Å². The van der Waals surface area contributed by atoms with Crippen molar-refractivity contribution in [1.82, 2.24) is 10.2 Å². The first-order valence-electron chi connectivity index (χ1n) is 16.7. The highest BCUT2D eigenvalue weighted by Gasteiger charge is 2.75. The largest absolute Gasteiger partial charge is 0.455 e. The van der Waals surface area contributed by atoms with Gasteiger partial charge in [-0.1, -0.05) is 76.6 Å². The maximum absolute atomic E-state index is 15.1. The fourth-order valence-corrected chi connectivity index (χ4v) is 8.56. The number of rotatable bonds is 7. The number of esters is 1. The summed E-state index contributed by atoms with van der Waals surface area (Å²) in [5.74, 6) is -3.87. The van der Waals surface area contributed by atoms with E-state index in [4.69, 9.17) is 14.2 Å². The number of aryl methyl sites for hydroxylation is 2. The summed E-state index contributed by atoms with van der Waals surface area (Å²) < 4.78 is 19.0. The van der Waals surface area contributed by atoms with Gasteiger partial charge in [0.15, 0.2) is 0 Å². The van der Waals surface area contributed by atoms with Crippen LogP contribution in [0.5, 0.6) is 0 Å². The molecule has 0 unspecified atom stereocenters. The molecule has 5 bridgehead atoms. The molecule has 7 atom stereocenters. The summed E-state index contributed by atoms with van der Waals surface area (Å²) in [4.78, 5) is 60.4. The molecule has 260 valence electrons. The fourth-order valence-electron chi connectivity index (χ4n) is 7.82. The molecule has 4 heterocycles. The van der Waals surface area contributed by atoms with Crippen molar-refractivity contribution in [3.8, 4) is 0 Å². The number of halogens is 1. The number of nitrogens with zero attached hydrogens (tertiary/aromatic N) is 2. The number of fused-ring (bicyclic) bond motifs is 2. The number of carbonyl (C=O) groups excluding carboxylic acids is 4. The number of benzene rings is 2. The highest BCUT2D eigenvalue weighted by Crippen LogP contribution is 2.59. The van der Waals surface area contributed by atoms with Gasteiger partial charge in [-0.25, -0.2) is 0 Å². The van der Waals surface area contributed by atoms with Crippen molar-refractivity contribution in [3.05, 3.63) is 87.9 Å². The molecule has 11 nitrogen and oxygen atoms in total. The second kappa shape index (κ2) is 14.6. The molecule has 2 saturated heterocycles. The molecule has 0 saturated carbocycles. The van der Waals surface area contributed by atoms with E-state index in [0.717, 1.165) is 11.1 Å². The Labute approximate surface area is 294 Å². The number of para-hydroxylation sites is 1. The lowest BCUT2D eigenvalue weighted by Gasteiger charge is -2.36. The van der Waals surface area contributed by atoms with E-state index < -0.39 is 53.6 Å². The number of methoxy groups -OCH3 is 1. The topological polar surface area (TPSA) is 135 Å². The minimum atomic E-state index is -1.47. The third-order valence-electron chi connectivity index (χ3n) is 9.89. The summed E-state index contributed by atoms with van der Waals surface area (Å²) in [7, 11) is 1.51. The molecule has 12 heteroatoms. The summed E-state index contributed by atoms with van der Waals surface area (Å²) in [5.41, 5.74) is 1.63. The standard InChI is InChI=1S/C37H42BrN3O8/c1-22-12-10-13-23(2)30(22)40-17-9-5-8-16-27(43)39-26(21-47-3)31(24-14-6-4-7-15-24)48-36(46)28-29-34(44)41(18-11-19-42)33(35(40)45)37(29)20-25(38)32(28)49-37/h4-7,9-10,12-15,20,26,28-29,31-33,42H,8,11,16-19,21H2,1-3H3,(H,39,43)/b9-5-/t26-,28+,29-,31-,32+,33+,37-/m0/s1. The Kier molecular flexibility index (Phi) is 10.4. The lowest BCUT2D eigenvalue weighted by atomic mass is 9.74. The first-order chi connectivity index (χ1) is 23.6. The first kappa shape index (κ1) is 35.0. The van der Waals surface area contributed by atoms with Crippen LogP contribution in [-0.4, -0.2) is 90.9 Å². The van der Waals surface area contributed by atoms with Crippen LogP contribution in [0.25, 0.3) is 0 Å². The molecule has 1 spiro atoms. The van der Waals surface area contributed by atoms with Crippen LogP contribution in [-0.2, 0) is 33.4 Å². The molecule has 2 fully saturated rings. The first-order valence-corrected chi connectivity index (χ1v) is 17.5. The number of nitrogens with one attached hydrogen (secondary N) is 1. The second-order valence-corrected chi connectivity index (χ2v) is 13.9. The summed E-state index contributed by atoms with van der Waals surface area (Å²) in [6.45, 7) is 3.99. The third kappa shape index (κ3) is 6.35. The molecule has 0 radical (unpaired) electrons. The van der Waals surface area contributed by atoms with Crippen LogP contribution in [0.1, 0.15) is 42.1 Å². The van der Waals surface area contributed by atoms with Crippen LogP contribution in [0.2, 0.25) is 0 Å². The Morgan fingerprint density at radius 2 is 1.73 bits per heavy atom. The molecule has 2 N–H and O–H groups in total. The van der Waals surface area contributed by atoms with E-state index in [-0.39, 0.29) is 51.0 Å². The zero-order valence-electron chi connectivity index (χ0n) is 27.8. The fraction of sp³-hybridized carbons (Fsp3) is 0.459. The Bertz CT molecular complexity index is 1640. The predicted octanol–water partition coefficient (Wildman–Crippen LogP) is 3.66. The average molecular weight is 737 g/mol. The minimum Gasteiger partial charge on any atom is -0.455 e. The van der Waals surface area contributed by atoms with Crippen LogP contribution in [0.15, 0.2) is 71.2 Å². The lowest BCUT2D eigenvalue weighted by molar-refractivity contribution is -0.162.